The van der Waals surface area contributed by atoms with Crippen molar-refractivity contribution in [3.8, 4) is 0 Å². The molecule has 0 radical (unpaired) electrons. The summed E-state index contributed by atoms with van der Waals surface area (Å²) in [6, 6.07) is 0. The summed E-state index contributed by atoms with van der Waals surface area (Å²) in [5.41, 5.74) is 2.19. The van der Waals surface area contributed by atoms with Crippen LogP contribution in [0.1, 0.15) is 31.2 Å². The van der Waals surface area contributed by atoms with Crippen LogP contribution in [0.2, 0.25) is 0 Å². The van der Waals surface area contributed by atoms with E-state index in [1.54, 1.807) is 0 Å². The first-order chi connectivity index (χ1) is 6.81. The summed E-state index contributed by atoms with van der Waals surface area (Å²) in [7, 11) is 0. The van der Waals surface area contributed by atoms with Gasteiger partial charge < -0.3 is 4.90 Å². The van der Waals surface area contributed by atoms with Gasteiger partial charge in [0.05, 0.1) is 11.4 Å². The van der Waals surface area contributed by atoms with Gasteiger partial charge in [0, 0.05) is 19.3 Å². The summed E-state index contributed by atoms with van der Waals surface area (Å²) in [5.74, 6) is 1.12. The molecule has 0 spiro atoms. The van der Waals surface area contributed by atoms with Crippen molar-refractivity contribution in [1.82, 2.24) is 9.97 Å². The summed E-state index contributed by atoms with van der Waals surface area (Å²) >= 11 is 0. The quantitative estimate of drug-likeness (QED) is 0.679. The lowest BCUT2D eigenvalue weighted by Gasteiger charge is -2.21. The van der Waals surface area contributed by atoms with E-state index in [1.165, 1.54) is 18.5 Å². The molecule has 0 fully saturated rings. The average Bonchev–Trinajstić information content (AvgIpc) is 2.39. The van der Waals surface area contributed by atoms with E-state index in [2.05, 4.69) is 21.8 Å². The van der Waals surface area contributed by atoms with Gasteiger partial charge in [-0.2, -0.15) is 0 Å². The van der Waals surface area contributed by atoms with E-state index < -0.39 is 0 Å². The van der Waals surface area contributed by atoms with Crippen molar-refractivity contribution in [2.75, 3.05) is 18.0 Å². The van der Waals surface area contributed by atoms with E-state index in [-0.39, 0.29) is 0 Å². The van der Waals surface area contributed by atoms with Crippen LogP contribution in [-0.2, 0) is 6.42 Å². The first kappa shape index (κ1) is 9.44. The van der Waals surface area contributed by atoms with Crippen LogP contribution in [-0.4, -0.2) is 23.1 Å². The van der Waals surface area contributed by atoms with Crippen LogP contribution in [0.5, 0.6) is 0 Å². The van der Waals surface area contributed by atoms with Crippen LogP contribution in [0.3, 0.4) is 0 Å². The Kier molecular flexibility index (Phi) is 2.66. The van der Waals surface area contributed by atoms with Gasteiger partial charge in [0.1, 0.15) is 0 Å². The van der Waals surface area contributed by atoms with Gasteiger partial charge in [0.25, 0.3) is 0 Å². The van der Waals surface area contributed by atoms with Crippen molar-refractivity contribution in [3.05, 3.63) is 17.6 Å². The second-order valence-electron chi connectivity index (χ2n) is 3.82. The molecule has 1 aliphatic heterocycles. The lowest BCUT2D eigenvalue weighted by atomic mass is 10.2. The van der Waals surface area contributed by atoms with E-state index >= 15 is 0 Å². The molecule has 2 heterocycles. The van der Waals surface area contributed by atoms with Gasteiger partial charge in [-0.1, -0.05) is 0 Å². The topological polar surface area (TPSA) is 29.0 Å². The summed E-state index contributed by atoms with van der Waals surface area (Å²) < 4.78 is 0. The number of aryl methyl sites for hydroxylation is 2. The lowest BCUT2D eigenvalue weighted by Crippen LogP contribution is -2.25. The van der Waals surface area contributed by atoms with Crippen LogP contribution in [0.4, 0.5) is 5.82 Å². The third-order valence-corrected chi connectivity index (χ3v) is 2.72. The fraction of sp³-hybridized carbons (Fsp3) is 0.636. The molecule has 1 aromatic rings. The molecule has 0 amide bonds. The number of aromatic nitrogens is 2. The Hall–Kier alpha value is -1.12. The van der Waals surface area contributed by atoms with Gasteiger partial charge in [-0.3, -0.25) is 4.98 Å². The molecule has 3 heteroatoms. The molecule has 2 rings (SSSR count). The first-order valence-corrected chi connectivity index (χ1v) is 5.38. The maximum Gasteiger partial charge on any atom is 0.150 e. The molecule has 14 heavy (non-hydrogen) atoms. The number of rotatable bonds is 1. The molecule has 0 atom stereocenters. The van der Waals surface area contributed by atoms with Gasteiger partial charge in [-0.15, -0.1) is 0 Å². The van der Waals surface area contributed by atoms with Crippen LogP contribution in [0.25, 0.3) is 0 Å². The second kappa shape index (κ2) is 3.95. The predicted molar refractivity (Wildman–Crippen MR) is 57.6 cm³/mol. The van der Waals surface area contributed by atoms with Crippen molar-refractivity contribution >= 4 is 5.82 Å². The Morgan fingerprint density at radius 1 is 1.43 bits per heavy atom. The van der Waals surface area contributed by atoms with Crippen LogP contribution >= 0.6 is 0 Å². The Balaban J connectivity index is 2.40. The first-order valence-electron chi connectivity index (χ1n) is 5.38. The van der Waals surface area contributed by atoms with E-state index in [0.717, 1.165) is 31.0 Å². The molecule has 0 bridgehead atoms. The number of hydrogen-bond donors (Lipinski definition) is 0. The summed E-state index contributed by atoms with van der Waals surface area (Å²) in [4.78, 5) is 11.4. The van der Waals surface area contributed by atoms with E-state index in [1.807, 2.05) is 13.1 Å². The minimum atomic E-state index is 1.02. The second-order valence-corrected chi connectivity index (χ2v) is 3.82. The SMILES string of the molecule is CCN1CCCCc2ncc(C)nc21. The van der Waals surface area contributed by atoms with Crippen molar-refractivity contribution in [3.63, 3.8) is 0 Å². The zero-order valence-electron chi connectivity index (χ0n) is 8.95. The fourth-order valence-electron chi connectivity index (χ4n) is 1.93. The summed E-state index contributed by atoms with van der Waals surface area (Å²) in [5, 5.41) is 0. The van der Waals surface area contributed by atoms with Gasteiger partial charge in [-0.25, -0.2) is 4.98 Å². The van der Waals surface area contributed by atoms with Crippen LogP contribution in [0, 0.1) is 6.92 Å². The molecule has 1 aliphatic rings. The van der Waals surface area contributed by atoms with Crippen molar-refractivity contribution in [1.29, 1.82) is 0 Å². The molecule has 0 N–H and O–H groups in total. The Morgan fingerprint density at radius 2 is 2.29 bits per heavy atom. The van der Waals surface area contributed by atoms with Crippen molar-refractivity contribution in [2.24, 2.45) is 0 Å². The Morgan fingerprint density at radius 3 is 3.07 bits per heavy atom. The molecule has 1 aromatic heterocycles. The van der Waals surface area contributed by atoms with Gasteiger partial charge in [0.2, 0.25) is 0 Å². The highest BCUT2D eigenvalue weighted by Gasteiger charge is 2.16. The van der Waals surface area contributed by atoms with E-state index in [4.69, 9.17) is 0 Å². The molecular formula is C11H17N3. The average molecular weight is 191 g/mol. The third-order valence-electron chi connectivity index (χ3n) is 2.72. The maximum atomic E-state index is 4.59. The number of anilines is 1. The Labute approximate surface area is 85.2 Å². The van der Waals surface area contributed by atoms with Gasteiger partial charge in [-0.05, 0) is 33.1 Å². The monoisotopic (exact) mass is 191 g/mol. The maximum absolute atomic E-state index is 4.59. The van der Waals surface area contributed by atoms with Gasteiger partial charge in [0.15, 0.2) is 5.82 Å². The molecule has 3 nitrogen and oxygen atoms in total. The fourth-order valence-corrected chi connectivity index (χ4v) is 1.93. The van der Waals surface area contributed by atoms with Crippen LogP contribution in [0.15, 0.2) is 6.20 Å². The highest BCUT2D eigenvalue weighted by Crippen LogP contribution is 2.21. The number of hydrogen-bond acceptors (Lipinski definition) is 3. The largest absolute Gasteiger partial charge is 0.355 e. The standard InChI is InChI=1S/C11H17N3/c1-3-14-7-5-4-6-10-11(14)13-9(2)8-12-10/h8H,3-7H2,1-2H3. The number of fused-ring (bicyclic) bond motifs is 1. The third kappa shape index (κ3) is 1.72. The minimum Gasteiger partial charge on any atom is -0.355 e. The molecule has 0 aromatic carbocycles. The van der Waals surface area contributed by atoms with Crippen molar-refractivity contribution in [2.45, 2.75) is 33.1 Å². The molecule has 0 aliphatic carbocycles. The molecule has 0 unspecified atom stereocenters. The predicted octanol–water partition coefficient (Wildman–Crippen LogP) is 1.95. The van der Waals surface area contributed by atoms with E-state index in [0.29, 0.717) is 0 Å². The summed E-state index contributed by atoms with van der Waals surface area (Å²) in [6.07, 6.45) is 5.45. The zero-order valence-corrected chi connectivity index (χ0v) is 8.95. The molecular weight excluding hydrogens is 174 g/mol. The normalized spacial score (nSPS) is 16.3. The summed E-state index contributed by atoms with van der Waals surface area (Å²) in [6.45, 7) is 6.35. The van der Waals surface area contributed by atoms with Gasteiger partial charge >= 0.3 is 0 Å². The van der Waals surface area contributed by atoms with Crippen molar-refractivity contribution < 1.29 is 0 Å². The molecule has 76 valence electrons. The van der Waals surface area contributed by atoms with Crippen LogP contribution < -0.4 is 4.90 Å². The molecule has 0 saturated heterocycles. The smallest absolute Gasteiger partial charge is 0.150 e. The number of nitrogens with zero attached hydrogens (tertiary/aromatic N) is 3. The lowest BCUT2D eigenvalue weighted by molar-refractivity contribution is 0.722. The Bertz CT molecular complexity index is 322. The minimum absolute atomic E-state index is 1.02. The van der Waals surface area contributed by atoms with E-state index in [9.17, 15) is 0 Å². The zero-order chi connectivity index (χ0) is 9.97. The highest BCUT2D eigenvalue weighted by molar-refractivity contribution is 5.44. The highest BCUT2D eigenvalue weighted by atomic mass is 15.2. The molecule has 0 saturated carbocycles.